The lowest BCUT2D eigenvalue weighted by atomic mass is 10.1. The molecule has 0 spiro atoms. The number of hydrogen-bond donors (Lipinski definition) is 4. The van der Waals surface area contributed by atoms with Crippen molar-refractivity contribution in [3.05, 3.63) is 65.7 Å². The molecule has 10 heteroatoms. The molecule has 3 N–H and O–H groups in total. The highest BCUT2D eigenvalue weighted by Crippen LogP contribution is 2.25. The van der Waals surface area contributed by atoms with Crippen molar-refractivity contribution in [3.63, 3.8) is 0 Å². The molecule has 0 saturated carbocycles. The van der Waals surface area contributed by atoms with Crippen molar-refractivity contribution in [1.82, 2.24) is 9.79 Å². The maximum atomic E-state index is 13.0. The van der Waals surface area contributed by atoms with Crippen LogP contribution in [0.5, 0.6) is 0 Å². The van der Waals surface area contributed by atoms with Gasteiger partial charge in [-0.05, 0) is 29.8 Å². The van der Waals surface area contributed by atoms with Crippen LogP contribution in [-0.4, -0.2) is 48.0 Å². The van der Waals surface area contributed by atoms with Crippen LogP contribution in [0.2, 0.25) is 0 Å². The Morgan fingerprint density at radius 1 is 1.07 bits per heavy atom. The van der Waals surface area contributed by atoms with Gasteiger partial charge in [0.15, 0.2) is 0 Å². The number of sulfonamides is 1. The number of carbonyl (C=O) groups excluding carboxylic acids is 1. The van der Waals surface area contributed by atoms with Gasteiger partial charge in [-0.25, -0.2) is 18.7 Å². The fourth-order valence-electron chi connectivity index (χ4n) is 2.48. The third kappa shape index (κ3) is 5.55. The van der Waals surface area contributed by atoms with Crippen LogP contribution in [-0.2, 0) is 14.8 Å². The first-order chi connectivity index (χ1) is 13.3. The Bertz CT molecular complexity index is 917. The molecule has 1 unspecified atom stereocenters. The molecule has 150 valence electrons. The minimum Gasteiger partial charge on any atom is -0.478 e. The molecule has 2 aromatic carbocycles. The number of aromatic carboxylic acids is 1. The maximum Gasteiger partial charge on any atom is 0.335 e. The minimum atomic E-state index is -4.02. The van der Waals surface area contributed by atoms with Gasteiger partial charge in [-0.1, -0.05) is 30.3 Å². The highest BCUT2D eigenvalue weighted by molar-refractivity contribution is 7.89. The molecule has 0 aromatic heterocycles. The molecule has 0 heterocycles. The zero-order valence-corrected chi connectivity index (χ0v) is 16.4. The topological polar surface area (TPSA) is 124 Å². The molecular formula is C18H20N2O6S2. The zero-order chi connectivity index (χ0) is 20.7. The van der Waals surface area contributed by atoms with E-state index < -0.39 is 27.1 Å². The summed E-state index contributed by atoms with van der Waals surface area (Å²) in [6, 6.07) is 13.9. The number of carbonyl (C=O) groups is 2. The van der Waals surface area contributed by atoms with Gasteiger partial charge in [-0.15, -0.1) is 0 Å². The normalized spacial score (nSPS) is 12.5. The third-order valence-electron chi connectivity index (χ3n) is 4.01. The number of hydroxylamine groups is 1. The van der Waals surface area contributed by atoms with Gasteiger partial charge in [-0.2, -0.15) is 16.9 Å². The summed E-state index contributed by atoms with van der Waals surface area (Å²) in [7, 11) is -4.02. The maximum absolute atomic E-state index is 13.0. The van der Waals surface area contributed by atoms with Crippen LogP contribution in [0.15, 0.2) is 59.5 Å². The molecule has 2 rings (SSSR count). The summed E-state index contributed by atoms with van der Waals surface area (Å²) in [5.74, 6) is -1.89. The van der Waals surface area contributed by atoms with Crippen LogP contribution in [0, 0.1) is 0 Å². The van der Waals surface area contributed by atoms with E-state index in [0.717, 1.165) is 9.87 Å². The summed E-state index contributed by atoms with van der Waals surface area (Å²) in [6.45, 7) is -0.200. The molecule has 1 atom stereocenters. The molecule has 0 aliphatic carbocycles. The van der Waals surface area contributed by atoms with Gasteiger partial charge in [0.1, 0.15) is 0 Å². The van der Waals surface area contributed by atoms with Crippen LogP contribution in [0.3, 0.4) is 0 Å². The fraction of sp³-hybridized carbons (Fsp3) is 0.222. The van der Waals surface area contributed by atoms with Gasteiger partial charge in [0.25, 0.3) is 0 Å². The van der Waals surface area contributed by atoms with Crippen LogP contribution >= 0.6 is 12.6 Å². The number of benzene rings is 2. The summed E-state index contributed by atoms with van der Waals surface area (Å²) in [5.41, 5.74) is 2.24. The molecule has 0 aliphatic heterocycles. The van der Waals surface area contributed by atoms with E-state index in [4.69, 9.17) is 10.3 Å². The lowest BCUT2D eigenvalue weighted by molar-refractivity contribution is -0.129. The highest BCUT2D eigenvalue weighted by atomic mass is 32.2. The van der Waals surface area contributed by atoms with E-state index in [1.165, 1.54) is 29.7 Å². The first kappa shape index (κ1) is 21.9. The smallest absolute Gasteiger partial charge is 0.335 e. The summed E-state index contributed by atoms with van der Waals surface area (Å²) in [4.78, 5) is 22.3. The molecular weight excluding hydrogens is 404 g/mol. The molecule has 0 bridgehead atoms. The van der Waals surface area contributed by atoms with Gasteiger partial charge in [0.2, 0.25) is 15.9 Å². The third-order valence-corrected chi connectivity index (χ3v) is 6.35. The van der Waals surface area contributed by atoms with Gasteiger partial charge in [0, 0.05) is 24.8 Å². The van der Waals surface area contributed by atoms with Crippen molar-refractivity contribution in [3.8, 4) is 0 Å². The number of nitrogens with one attached hydrogen (secondary N) is 1. The van der Waals surface area contributed by atoms with Gasteiger partial charge in [-0.3, -0.25) is 10.0 Å². The standard InChI is InChI=1S/C18H20N2O6S2/c21-17(19-24)10-11-20(12-16(27)13-4-2-1-3-5-13)28(25,26)15-8-6-14(7-9-15)18(22)23/h1-9,16,24,27H,10-12H2,(H,19,21)(H,22,23). The number of carboxylic acid groups (broad SMARTS) is 1. The van der Waals surface area contributed by atoms with Gasteiger partial charge >= 0.3 is 5.97 Å². The Labute approximate surface area is 168 Å². The van der Waals surface area contributed by atoms with Crippen LogP contribution in [0.4, 0.5) is 0 Å². The van der Waals surface area contributed by atoms with E-state index in [-0.39, 0.29) is 30.0 Å². The van der Waals surface area contributed by atoms with E-state index in [0.29, 0.717) is 0 Å². The summed E-state index contributed by atoms with van der Waals surface area (Å²) in [6.07, 6.45) is -0.252. The second-order valence-electron chi connectivity index (χ2n) is 5.90. The van der Waals surface area contributed by atoms with E-state index in [2.05, 4.69) is 12.6 Å². The van der Waals surface area contributed by atoms with Gasteiger partial charge in [0.05, 0.1) is 10.5 Å². The van der Waals surface area contributed by atoms with Crippen molar-refractivity contribution in [2.45, 2.75) is 16.6 Å². The zero-order valence-electron chi connectivity index (χ0n) is 14.7. The molecule has 0 radical (unpaired) electrons. The van der Waals surface area contributed by atoms with E-state index >= 15 is 0 Å². The Kier molecular flexibility index (Phi) is 7.58. The Balaban J connectivity index is 2.30. The van der Waals surface area contributed by atoms with Crippen molar-refractivity contribution in [1.29, 1.82) is 0 Å². The minimum absolute atomic E-state index is 0.0190. The van der Waals surface area contributed by atoms with Crippen LogP contribution in [0.1, 0.15) is 27.6 Å². The van der Waals surface area contributed by atoms with E-state index in [1.54, 1.807) is 12.1 Å². The molecule has 1 amide bonds. The highest BCUT2D eigenvalue weighted by Gasteiger charge is 2.27. The van der Waals surface area contributed by atoms with E-state index in [1.807, 2.05) is 18.2 Å². The fourth-order valence-corrected chi connectivity index (χ4v) is 4.42. The number of carboxylic acids is 1. The van der Waals surface area contributed by atoms with E-state index in [9.17, 15) is 18.0 Å². The predicted molar refractivity (Wildman–Crippen MR) is 105 cm³/mol. The Morgan fingerprint density at radius 3 is 2.21 bits per heavy atom. The number of nitrogens with zero attached hydrogens (tertiary/aromatic N) is 1. The average Bonchev–Trinajstić information content (AvgIpc) is 2.71. The first-order valence-electron chi connectivity index (χ1n) is 8.25. The molecule has 0 aliphatic rings. The van der Waals surface area contributed by atoms with Crippen molar-refractivity contribution in [2.24, 2.45) is 0 Å². The quantitative estimate of drug-likeness (QED) is 0.277. The number of hydrogen-bond acceptors (Lipinski definition) is 6. The SMILES string of the molecule is O=C(CCN(CC(S)c1ccccc1)S(=O)(=O)c1ccc(C(=O)O)cc1)NO. The molecule has 8 nitrogen and oxygen atoms in total. The summed E-state index contributed by atoms with van der Waals surface area (Å²) in [5, 5.41) is 17.2. The Morgan fingerprint density at radius 2 is 1.68 bits per heavy atom. The largest absolute Gasteiger partial charge is 0.478 e. The average molecular weight is 425 g/mol. The second kappa shape index (κ2) is 9.69. The lowest BCUT2D eigenvalue weighted by Crippen LogP contribution is -2.37. The summed E-state index contributed by atoms with van der Waals surface area (Å²) < 4.78 is 27.1. The summed E-state index contributed by atoms with van der Waals surface area (Å²) >= 11 is 4.48. The monoisotopic (exact) mass is 424 g/mol. The van der Waals surface area contributed by atoms with Crippen LogP contribution in [0.25, 0.3) is 0 Å². The van der Waals surface area contributed by atoms with Crippen LogP contribution < -0.4 is 5.48 Å². The number of thiol groups is 1. The lowest BCUT2D eigenvalue weighted by Gasteiger charge is -2.25. The van der Waals surface area contributed by atoms with Crippen molar-refractivity contribution >= 4 is 34.5 Å². The Hall–Kier alpha value is -2.40. The predicted octanol–water partition coefficient (Wildman–Crippen LogP) is 1.94. The number of amides is 1. The van der Waals surface area contributed by atoms with Crippen molar-refractivity contribution in [2.75, 3.05) is 13.1 Å². The molecule has 2 aromatic rings. The number of rotatable bonds is 9. The van der Waals surface area contributed by atoms with Gasteiger partial charge < -0.3 is 5.11 Å². The molecule has 28 heavy (non-hydrogen) atoms. The first-order valence-corrected chi connectivity index (χ1v) is 10.2. The van der Waals surface area contributed by atoms with Crippen molar-refractivity contribution < 1.29 is 28.3 Å². The molecule has 0 fully saturated rings. The second-order valence-corrected chi connectivity index (χ2v) is 8.47. The molecule has 0 saturated heterocycles.